The summed E-state index contributed by atoms with van der Waals surface area (Å²) in [6, 6.07) is 3.53. The Morgan fingerprint density at radius 3 is 2.44 bits per heavy atom. The molecule has 0 aliphatic heterocycles. The van der Waals surface area contributed by atoms with Gasteiger partial charge in [0.2, 0.25) is 0 Å². The maximum absolute atomic E-state index is 10.4. The quantitative estimate of drug-likeness (QED) is 0.398. The molecular weight excluding hydrogens is 114 g/mol. The lowest BCUT2D eigenvalue weighted by molar-refractivity contribution is -0.605. The molecule has 2 nitrogen and oxygen atoms in total. The average Bonchev–Trinajstić information content (AvgIpc) is 1.90. The van der Waals surface area contributed by atoms with E-state index >= 15 is 0 Å². The van der Waals surface area contributed by atoms with Gasteiger partial charge in [-0.2, -0.15) is 4.73 Å². The molecule has 0 aromatic carbocycles. The van der Waals surface area contributed by atoms with Crippen molar-refractivity contribution < 1.29 is 4.73 Å². The Kier molecular flexibility index (Phi) is 1.68. The van der Waals surface area contributed by atoms with Gasteiger partial charge >= 0.3 is 0 Å². The Labute approximate surface area is 54.3 Å². The van der Waals surface area contributed by atoms with Gasteiger partial charge in [-0.05, 0) is 18.9 Å². The van der Waals surface area contributed by atoms with Gasteiger partial charge in [-0.3, -0.25) is 0 Å². The zero-order chi connectivity index (χ0) is 6.69. The fraction of sp³-hybridized carbons (Fsp3) is 0.143. The third-order valence-corrected chi connectivity index (χ3v) is 1.16. The Balaban J connectivity index is 2.88. The minimum absolute atomic E-state index is 0.737. The van der Waals surface area contributed by atoms with Gasteiger partial charge < -0.3 is 5.21 Å². The summed E-state index contributed by atoms with van der Waals surface area (Å²) in [5.41, 5.74) is 1.09. The van der Waals surface area contributed by atoms with Crippen LogP contribution in [0.3, 0.4) is 0 Å². The molecule has 1 heterocycles. The first-order valence-corrected chi connectivity index (χ1v) is 2.80. The molecule has 2 heteroatoms. The summed E-state index contributed by atoms with van der Waals surface area (Å²) >= 11 is 0. The van der Waals surface area contributed by atoms with Gasteiger partial charge in [0.15, 0.2) is 12.4 Å². The lowest BCUT2D eigenvalue weighted by Gasteiger charge is -1.94. The molecular formula is C7H8NO. The molecule has 0 atom stereocenters. The van der Waals surface area contributed by atoms with E-state index in [1.165, 1.54) is 12.4 Å². The summed E-state index contributed by atoms with van der Waals surface area (Å²) in [6.07, 6.45) is 3.68. The van der Waals surface area contributed by atoms with Crippen molar-refractivity contribution in [2.45, 2.75) is 6.42 Å². The molecule has 0 N–H and O–H groups in total. The fourth-order valence-electron chi connectivity index (χ4n) is 0.610. The van der Waals surface area contributed by atoms with Gasteiger partial charge in [-0.25, -0.2) is 0 Å². The summed E-state index contributed by atoms with van der Waals surface area (Å²) in [6.45, 7) is 3.67. The molecule has 47 valence electrons. The van der Waals surface area contributed by atoms with Crippen LogP contribution in [0.25, 0.3) is 0 Å². The summed E-state index contributed by atoms with van der Waals surface area (Å²) < 4.78 is 0.763. The highest BCUT2D eigenvalue weighted by atomic mass is 16.5. The predicted molar refractivity (Wildman–Crippen MR) is 34.5 cm³/mol. The molecule has 0 spiro atoms. The molecule has 0 unspecified atom stereocenters. The topological polar surface area (TPSA) is 26.9 Å². The van der Waals surface area contributed by atoms with Crippen LogP contribution in [0.1, 0.15) is 5.56 Å². The molecule has 0 bridgehead atoms. The second-order valence-corrected chi connectivity index (χ2v) is 1.82. The highest BCUT2D eigenvalue weighted by molar-refractivity contribution is 5.07. The van der Waals surface area contributed by atoms with Crippen LogP contribution in [0.15, 0.2) is 24.5 Å². The standard InChI is InChI=1S/C7H8NO/c1-2-7-3-5-8(9)6-4-7/h3-6H,1-2H2. The van der Waals surface area contributed by atoms with Crippen LogP contribution in [0, 0.1) is 12.1 Å². The van der Waals surface area contributed by atoms with Gasteiger partial charge in [0.25, 0.3) is 0 Å². The molecule has 0 aliphatic rings. The van der Waals surface area contributed by atoms with E-state index < -0.39 is 0 Å². The average molecular weight is 122 g/mol. The number of nitrogens with zero attached hydrogens (tertiary/aromatic N) is 1. The first kappa shape index (κ1) is 6.08. The van der Waals surface area contributed by atoms with E-state index in [9.17, 15) is 5.21 Å². The summed E-state index contributed by atoms with van der Waals surface area (Å²) in [5.74, 6) is 0. The third-order valence-electron chi connectivity index (χ3n) is 1.16. The second kappa shape index (κ2) is 2.49. The molecule has 1 radical (unpaired) electrons. The van der Waals surface area contributed by atoms with Crippen LogP contribution in [-0.4, -0.2) is 0 Å². The Bertz CT molecular complexity index is 181. The highest BCUT2D eigenvalue weighted by Crippen LogP contribution is 1.93. The van der Waals surface area contributed by atoms with Gasteiger partial charge in [0.05, 0.1) is 0 Å². The van der Waals surface area contributed by atoms with Crippen LogP contribution in [-0.2, 0) is 6.42 Å². The molecule has 0 saturated carbocycles. The van der Waals surface area contributed by atoms with Gasteiger partial charge in [0, 0.05) is 12.1 Å². The van der Waals surface area contributed by atoms with Gasteiger partial charge in [0.1, 0.15) is 0 Å². The van der Waals surface area contributed by atoms with Crippen molar-refractivity contribution >= 4 is 0 Å². The summed E-state index contributed by atoms with van der Waals surface area (Å²) in [4.78, 5) is 0. The lowest BCUT2D eigenvalue weighted by Crippen LogP contribution is -2.23. The van der Waals surface area contributed by atoms with Crippen molar-refractivity contribution in [3.63, 3.8) is 0 Å². The third kappa shape index (κ3) is 1.42. The van der Waals surface area contributed by atoms with Crippen molar-refractivity contribution in [3.8, 4) is 0 Å². The lowest BCUT2D eigenvalue weighted by atomic mass is 10.2. The van der Waals surface area contributed by atoms with E-state index in [4.69, 9.17) is 0 Å². The zero-order valence-corrected chi connectivity index (χ0v) is 5.08. The molecule has 9 heavy (non-hydrogen) atoms. The van der Waals surface area contributed by atoms with Crippen molar-refractivity contribution in [1.82, 2.24) is 0 Å². The van der Waals surface area contributed by atoms with Crippen molar-refractivity contribution in [2.75, 3.05) is 0 Å². The maximum atomic E-state index is 10.4. The van der Waals surface area contributed by atoms with E-state index in [-0.39, 0.29) is 0 Å². The maximum Gasteiger partial charge on any atom is 0.180 e. The SMILES string of the molecule is [CH2]Cc1cc[n+]([O-])cc1. The molecule has 1 aromatic heterocycles. The Morgan fingerprint density at radius 2 is 2.00 bits per heavy atom. The molecule has 0 amide bonds. The number of rotatable bonds is 1. The largest absolute Gasteiger partial charge is 0.619 e. The van der Waals surface area contributed by atoms with Gasteiger partial charge in [-0.1, -0.05) is 0 Å². The Morgan fingerprint density at radius 1 is 1.44 bits per heavy atom. The van der Waals surface area contributed by atoms with Crippen molar-refractivity contribution in [3.05, 3.63) is 42.2 Å². The smallest absolute Gasteiger partial charge is 0.180 e. The summed E-state index contributed by atoms with van der Waals surface area (Å²) in [5, 5.41) is 10.4. The number of hydrogen-bond acceptors (Lipinski definition) is 1. The van der Waals surface area contributed by atoms with E-state index in [1.54, 1.807) is 12.1 Å². The second-order valence-electron chi connectivity index (χ2n) is 1.82. The predicted octanol–water partition coefficient (Wildman–Crippen LogP) is 0.697. The van der Waals surface area contributed by atoms with Crippen LogP contribution in [0.5, 0.6) is 0 Å². The first-order valence-electron chi connectivity index (χ1n) is 2.80. The molecule has 1 aromatic rings. The molecule has 0 fully saturated rings. The molecule has 1 rings (SSSR count). The van der Waals surface area contributed by atoms with Crippen molar-refractivity contribution in [2.24, 2.45) is 0 Å². The van der Waals surface area contributed by atoms with Crippen LogP contribution in [0.2, 0.25) is 0 Å². The van der Waals surface area contributed by atoms with E-state index in [2.05, 4.69) is 6.92 Å². The summed E-state index contributed by atoms with van der Waals surface area (Å²) in [7, 11) is 0. The fourth-order valence-corrected chi connectivity index (χ4v) is 0.610. The number of hydrogen-bond donors (Lipinski definition) is 0. The number of aromatic nitrogens is 1. The first-order chi connectivity index (χ1) is 4.33. The highest BCUT2D eigenvalue weighted by Gasteiger charge is 1.88. The minimum atomic E-state index is 0.737. The number of pyridine rings is 1. The van der Waals surface area contributed by atoms with Crippen LogP contribution in [0.4, 0.5) is 0 Å². The van der Waals surface area contributed by atoms with E-state index in [0.29, 0.717) is 0 Å². The normalized spacial score (nSPS) is 9.44. The minimum Gasteiger partial charge on any atom is -0.619 e. The Hall–Kier alpha value is -1.05. The molecule has 0 aliphatic carbocycles. The van der Waals surface area contributed by atoms with Crippen LogP contribution >= 0.6 is 0 Å². The zero-order valence-electron chi connectivity index (χ0n) is 5.08. The van der Waals surface area contributed by atoms with Gasteiger partial charge in [-0.15, -0.1) is 0 Å². The van der Waals surface area contributed by atoms with Crippen LogP contribution < -0.4 is 4.73 Å². The molecule has 0 saturated heterocycles. The van der Waals surface area contributed by atoms with E-state index in [0.717, 1.165) is 16.7 Å². The monoisotopic (exact) mass is 122 g/mol. The van der Waals surface area contributed by atoms with E-state index in [1.807, 2.05) is 0 Å². The van der Waals surface area contributed by atoms with Crippen molar-refractivity contribution in [1.29, 1.82) is 0 Å².